The van der Waals surface area contributed by atoms with E-state index in [1.165, 1.54) is 0 Å². The average molecular weight is 388 g/mol. The van der Waals surface area contributed by atoms with Crippen molar-refractivity contribution < 1.29 is 9.53 Å². The molecule has 2 aromatic heterocycles. The molecule has 1 aliphatic rings. The van der Waals surface area contributed by atoms with Crippen molar-refractivity contribution in [2.24, 2.45) is 0 Å². The fourth-order valence-electron chi connectivity index (χ4n) is 3.68. The molecule has 0 spiro atoms. The smallest absolute Gasteiger partial charge is 0.242 e. The van der Waals surface area contributed by atoms with Crippen LogP contribution in [0.4, 0.5) is 5.95 Å². The lowest BCUT2D eigenvalue weighted by atomic mass is 10.1. The van der Waals surface area contributed by atoms with E-state index in [2.05, 4.69) is 10.6 Å². The van der Waals surface area contributed by atoms with E-state index < -0.39 is 0 Å². The number of ether oxygens (including phenoxy) is 1. The van der Waals surface area contributed by atoms with Gasteiger partial charge in [0.25, 0.3) is 0 Å². The SMILES string of the molecule is COc1cccc(-c2nc3c4c(C)cccc4nc(N[C@H]4CCNC4=O)n3n2)c1. The summed E-state index contributed by atoms with van der Waals surface area (Å²) < 4.78 is 7.02. The van der Waals surface area contributed by atoms with E-state index in [4.69, 9.17) is 19.8 Å². The second-order valence-electron chi connectivity index (χ2n) is 7.08. The lowest BCUT2D eigenvalue weighted by Gasteiger charge is -2.13. The number of aromatic nitrogens is 4. The molecule has 2 N–H and O–H groups in total. The van der Waals surface area contributed by atoms with Crippen molar-refractivity contribution in [3.63, 3.8) is 0 Å². The highest BCUT2D eigenvalue weighted by Gasteiger charge is 2.26. The summed E-state index contributed by atoms with van der Waals surface area (Å²) in [5.41, 5.74) is 3.42. The fourth-order valence-corrected chi connectivity index (χ4v) is 3.68. The van der Waals surface area contributed by atoms with Gasteiger partial charge in [-0.3, -0.25) is 4.79 Å². The maximum atomic E-state index is 12.1. The predicted molar refractivity (Wildman–Crippen MR) is 110 cm³/mol. The number of methoxy groups -OCH3 is 1. The molecule has 29 heavy (non-hydrogen) atoms. The van der Waals surface area contributed by atoms with Gasteiger partial charge in [0.2, 0.25) is 11.9 Å². The van der Waals surface area contributed by atoms with Crippen LogP contribution < -0.4 is 15.4 Å². The van der Waals surface area contributed by atoms with Crippen LogP contribution in [0, 0.1) is 6.92 Å². The number of carbonyl (C=O) groups excluding carboxylic acids is 1. The maximum absolute atomic E-state index is 12.1. The minimum absolute atomic E-state index is 0.0302. The summed E-state index contributed by atoms with van der Waals surface area (Å²) in [5.74, 6) is 1.78. The number of aryl methyl sites for hydroxylation is 1. The molecule has 1 aliphatic heterocycles. The highest BCUT2D eigenvalue weighted by atomic mass is 16.5. The second kappa shape index (κ2) is 6.73. The minimum Gasteiger partial charge on any atom is -0.497 e. The second-order valence-corrected chi connectivity index (χ2v) is 7.08. The van der Waals surface area contributed by atoms with Crippen molar-refractivity contribution in [2.45, 2.75) is 19.4 Å². The lowest BCUT2D eigenvalue weighted by molar-refractivity contribution is -0.119. The van der Waals surface area contributed by atoms with E-state index >= 15 is 0 Å². The van der Waals surface area contributed by atoms with Gasteiger partial charge in [0.05, 0.1) is 12.6 Å². The first-order valence-electron chi connectivity index (χ1n) is 9.49. The Bertz CT molecular complexity index is 1250. The number of carbonyl (C=O) groups is 1. The molecule has 0 aliphatic carbocycles. The van der Waals surface area contributed by atoms with E-state index in [1.54, 1.807) is 11.6 Å². The monoisotopic (exact) mass is 388 g/mol. The summed E-state index contributed by atoms with van der Waals surface area (Å²) in [6.45, 7) is 2.68. The molecule has 2 aromatic carbocycles. The van der Waals surface area contributed by atoms with Crippen molar-refractivity contribution in [1.29, 1.82) is 0 Å². The number of benzene rings is 2. The van der Waals surface area contributed by atoms with Crippen LogP contribution in [0.15, 0.2) is 42.5 Å². The van der Waals surface area contributed by atoms with Crippen LogP contribution in [-0.2, 0) is 4.79 Å². The Hall–Kier alpha value is -3.68. The zero-order chi connectivity index (χ0) is 20.0. The van der Waals surface area contributed by atoms with Crippen LogP contribution in [0.25, 0.3) is 27.9 Å². The van der Waals surface area contributed by atoms with Crippen molar-refractivity contribution >= 4 is 28.4 Å². The average Bonchev–Trinajstić information content (AvgIpc) is 3.35. The van der Waals surface area contributed by atoms with Gasteiger partial charge in [-0.05, 0) is 37.1 Å². The Morgan fingerprint density at radius 3 is 2.86 bits per heavy atom. The van der Waals surface area contributed by atoms with E-state index in [-0.39, 0.29) is 11.9 Å². The first-order valence-corrected chi connectivity index (χ1v) is 9.49. The Kier molecular flexibility index (Phi) is 4.04. The number of rotatable bonds is 4. The van der Waals surface area contributed by atoms with E-state index in [0.29, 0.717) is 30.4 Å². The molecule has 4 aromatic rings. The van der Waals surface area contributed by atoms with Gasteiger partial charge in [-0.25, -0.2) is 9.97 Å². The molecular weight excluding hydrogens is 368 g/mol. The topological polar surface area (TPSA) is 93.4 Å². The van der Waals surface area contributed by atoms with E-state index in [1.807, 2.05) is 49.4 Å². The highest BCUT2D eigenvalue weighted by molar-refractivity contribution is 5.96. The van der Waals surface area contributed by atoms with Gasteiger partial charge in [0.1, 0.15) is 11.8 Å². The van der Waals surface area contributed by atoms with Gasteiger partial charge in [-0.1, -0.05) is 24.3 Å². The normalized spacial score (nSPS) is 16.3. The largest absolute Gasteiger partial charge is 0.497 e. The number of hydrogen-bond acceptors (Lipinski definition) is 6. The molecule has 1 atom stereocenters. The summed E-state index contributed by atoms with van der Waals surface area (Å²) in [5, 5.41) is 11.7. The standard InChI is InChI=1S/C21H20N6O2/c1-12-5-3-8-15-17(12)19-25-18(13-6-4-7-14(11-13)29-2)26-27(19)21(23-15)24-16-9-10-22-20(16)28/h3-8,11,16H,9-10H2,1-2H3,(H,22,28)(H,23,24)/t16-/m0/s1. The summed E-state index contributed by atoms with van der Waals surface area (Å²) in [4.78, 5) is 21.6. The molecule has 146 valence electrons. The molecule has 1 fully saturated rings. The highest BCUT2D eigenvalue weighted by Crippen LogP contribution is 2.28. The molecule has 1 amide bonds. The molecule has 1 saturated heterocycles. The van der Waals surface area contributed by atoms with Gasteiger partial charge >= 0.3 is 0 Å². The third-order valence-corrected chi connectivity index (χ3v) is 5.19. The van der Waals surface area contributed by atoms with E-state index in [9.17, 15) is 4.79 Å². The molecule has 0 radical (unpaired) electrons. The zero-order valence-corrected chi connectivity index (χ0v) is 16.1. The third-order valence-electron chi connectivity index (χ3n) is 5.19. The molecule has 8 heteroatoms. The van der Waals surface area contributed by atoms with E-state index in [0.717, 1.165) is 27.8 Å². The Morgan fingerprint density at radius 2 is 2.07 bits per heavy atom. The number of nitrogens with zero attached hydrogens (tertiary/aromatic N) is 4. The van der Waals surface area contributed by atoms with Crippen molar-refractivity contribution in [3.8, 4) is 17.1 Å². The van der Waals surface area contributed by atoms with Crippen molar-refractivity contribution in [3.05, 3.63) is 48.0 Å². The van der Waals surface area contributed by atoms with Crippen molar-refractivity contribution in [2.75, 3.05) is 19.0 Å². The first-order chi connectivity index (χ1) is 14.1. The number of hydrogen-bond donors (Lipinski definition) is 2. The summed E-state index contributed by atoms with van der Waals surface area (Å²) >= 11 is 0. The summed E-state index contributed by atoms with van der Waals surface area (Å²) in [7, 11) is 1.63. The number of anilines is 1. The van der Waals surface area contributed by atoms with Gasteiger partial charge in [0.15, 0.2) is 11.5 Å². The Balaban J connectivity index is 1.73. The quantitative estimate of drug-likeness (QED) is 0.558. The third kappa shape index (κ3) is 2.93. The molecule has 0 saturated carbocycles. The molecular formula is C21H20N6O2. The van der Waals surface area contributed by atoms with Crippen LogP contribution in [0.3, 0.4) is 0 Å². The minimum atomic E-state index is -0.336. The molecule has 8 nitrogen and oxygen atoms in total. The van der Waals surface area contributed by atoms with Gasteiger partial charge in [0, 0.05) is 17.5 Å². The van der Waals surface area contributed by atoms with Crippen LogP contribution >= 0.6 is 0 Å². The molecule has 5 rings (SSSR count). The number of amides is 1. The maximum Gasteiger partial charge on any atom is 0.242 e. The molecule has 0 bridgehead atoms. The van der Waals surface area contributed by atoms with Crippen molar-refractivity contribution in [1.82, 2.24) is 24.9 Å². The Labute approximate surface area is 166 Å². The molecule has 3 heterocycles. The van der Waals surface area contributed by atoms with Gasteiger partial charge in [-0.15, -0.1) is 5.10 Å². The zero-order valence-electron chi connectivity index (χ0n) is 16.1. The number of fused-ring (bicyclic) bond motifs is 3. The van der Waals surface area contributed by atoms with Crippen LogP contribution in [-0.4, -0.2) is 45.2 Å². The Morgan fingerprint density at radius 1 is 1.21 bits per heavy atom. The predicted octanol–water partition coefficient (Wildman–Crippen LogP) is 2.56. The van der Waals surface area contributed by atoms with Crippen LogP contribution in [0.5, 0.6) is 5.75 Å². The van der Waals surface area contributed by atoms with Crippen LogP contribution in [0.2, 0.25) is 0 Å². The molecule has 0 unspecified atom stereocenters. The van der Waals surface area contributed by atoms with Crippen LogP contribution in [0.1, 0.15) is 12.0 Å². The summed E-state index contributed by atoms with van der Waals surface area (Å²) in [6.07, 6.45) is 0.700. The summed E-state index contributed by atoms with van der Waals surface area (Å²) in [6, 6.07) is 13.2. The van der Waals surface area contributed by atoms with Gasteiger partial charge in [-0.2, -0.15) is 4.52 Å². The fraction of sp³-hybridized carbons (Fsp3) is 0.238. The number of nitrogens with one attached hydrogen (secondary N) is 2. The first kappa shape index (κ1) is 17.4. The van der Waals surface area contributed by atoms with Gasteiger partial charge < -0.3 is 15.4 Å². The lowest BCUT2D eigenvalue weighted by Crippen LogP contribution is -2.30.